The molecule has 31 heavy (non-hydrogen) atoms. The summed E-state index contributed by atoms with van der Waals surface area (Å²) in [6.45, 7) is 13.3. The molecule has 0 radical (unpaired) electrons. The third kappa shape index (κ3) is 13.1. The number of rotatable bonds is 12. The summed E-state index contributed by atoms with van der Waals surface area (Å²) in [5.41, 5.74) is 5.82. The maximum Gasteiger partial charge on any atom is 0.373 e. The van der Waals surface area contributed by atoms with Gasteiger partial charge in [0, 0.05) is 11.8 Å². The molecule has 1 saturated carbocycles. The van der Waals surface area contributed by atoms with Gasteiger partial charge in [-0.05, 0) is 98.8 Å². The normalized spacial score (nSPS) is 19.5. The summed E-state index contributed by atoms with van der Waals surface area (Å²) < 4.78 is 0. The minimum Gasteiger partial charge on any atom is -0.299 e. The molecule has 1 rings (SSSR count). The number of allylic oxidation sites excluding steroid dienone is 8. The van der Waals surface area contributed by atoms with Crippen molar-refractivity contribution in [1.82, 2.24) is 0 Å². The predicted molar refractivity (Wildman–Crippen MR) is 130 cm³/mol. The molecule has 1 atom stereocenters. The van der Waals surface area contributed by atoms with Crippen molar-refractivity contribution in [1.29, 1.82) is 0 Å². The molecular weight excluding hydrogens is 384 g/mol. The summed E-state index contributed by atoms with van der Waals surface area (Å²) in [6, 6.07) is 0. The molecule has 0 bridgehead atoms. The summed E-state index contributed by atoms with van der Waals surface area (Å²) >= 11 is 0. The van der Waals surface area contributed by atoms with Gasteiger partial charge in [-0.1, -0.05) is 53.5 Å². The van der Waals surface area contributed by atoms with Gasteiger partial charge in [0.05, 0.1) is 0 Å². The van der Waals surface area contributed by atoms with E-state index in [1.165, 1.54) is 28.7 Å². The molecule has 0 amide bonds. The van der Waals surface area contributed by atoms with Crippen molar-refractivity contribution in [2.24, 2.45) is 5.41 Å². The van der Waals surface area contributed by atoms with Gasteiger partial charge in [0.25, 0.3) is 0 Å². The summed E-state index contributed by atoms with van der Waals surface area (Å²) in [5.74, 6) is 0.499. The molecule has 0 N–H and O–H groups in total. The van der Waals surface area contributed by atoms with E-state index in [1.54, 1.807) is 0 Å². The van der Waals surface area contributed by atoms with Crippen LogP contribution in [0.25, 0.3) is 0 Å². The maximum absolute atomic E-state index is 12.2. The fourth-order valence-corrected chi connectivity index (χ4v) is 4.08. The fraction of sp³-hybridized carbons (Fsp3) is 0.643. The summed E-state index contributed by atoms with van der Waals surface area (Å²) in [6.07, 6.45) is 21.5. The van der Waals surface area contributed by atoms with E-state index in [0.717, 1.165) is 64.2 Å². The van der Waals surface area contributed by atoms with Crippen LogP contribution >= 0.6 is 0 Å². The second-order valence-electron chi connectivity index (χ2n) is 9.25. The van der Waals surface area contributed by atoms with Crippen LogP contribution in [0.2, 0.25) is 0 Å². The van der Waals surface area contributed by atoms with E-state index in [0.29, 0.717) is 5.78 Å². The number of hydrogen-bond donors (Lipinski definition) is 0. The average Bonchev–Trinajstić information content (AvgIpc) is 3.07. The van der Waals surface area contributed by atoms with Gasteiger partial charge >= 0.3 is 6.15 Å². The number of ketones is 1. The molecule has 1 aliphatic rings. The third-order valence-corrected chi connectivity index (χ3v) is 6.32. The molecule has 3 nitrogen and oxygen atoms in total. The first-order valence-electron chi connectivity index (χ1n) is 11.8. The Morgan fingerprint density at radius 2 is 1.29 bits per heavy atom. The van der Waals surface area contributed by atoms with E-state index in [4.69, 9.17) is 9.59 Å². The van der Waals surface area contributed by atoms with Crippen LogP contribution in [0.5, 0.6) is 0 Å². The molecule has 1 fully saturated rings. The van der Waals surface area contributed by atoms with Crippen LogP contribution in [-0.2, 0) is 14.4 Å². The van der Waals surface area contributed by atoms with Crippen LogP contribution in [0.1, 0.15) is 112 Å². The molecule has 3 heteroatoms. The Bertz CT molecular complexity index is 696. The number of Topliss-reactive ketones (excluding diaryl/α,β-unsaturated/α-hetero) is 1. The zero-order valence-electron chi connectivity index (χ0n) is 20.8. The Labute approximate surface area is 190 Å². The van der Waals surface area contributed by atoms with Crippen LogP contribution in [0.4, 0.5) is 0 Å². The quantitative estimate of drug-likeness (QED) is 0.295. The van der Waals surface area contributed by atoms with Crippen LogP contribution in [0.15, 0.2) is 46.6 Å². The van der Waals surface area contributed by atoms with Crippen molar-refractivity contribution >= 4 is 11.9 Å². The van der Waals surface area contributed by atoms with E-state index in [-0.39, 0.29) is 11.6 Å². The smallest absolute Gasteiger partial charge is 0.299 e. The van der Waals surface area contributed by atoms with Crippen LogP contribution < -0.4 is 0 Å². The van der Waals surface area contributed by atoms with E-state index in [9.17, 15) is 4.79 Å². The Hall–Kier alpha value is -1.99. The lowest BCUT2D eigenvalue weighted by molar-refractivity contribution is -0.191. The molecule has 0 saturated heterocycles. The number of hydrogen-bond acceptors (Lipinski definition) is 3. The minimum absolute atomic E-state index is 0.0389. The van der Waals surface area contributed by atoms with Gasteiger partial charge in [0.15, 0.2) is 0 Å². The molecule has 0 aromatic carbocycles. The van der Waals surface area contributed by atoms with Crippen molar-refractivity contribution in [3.63, 3.8) is 0 Å². The SMILES string of the molecule is CCC1(C/C=C(\C)CC/C=C(\C)CC/C=C(\C)CCC=C(C)C)CCCC1=O.O=C=O. The third-order valence-electron chi connectivity index (χ3n) is 6.32. The van der Waals surface area contributed by atoms with Gasteiger partial charge in [0.1, 0.15) is 5.78 Å². The highest BCUT2D eigenvalue weighted by Gasteiger charge is 2.38. The molecule has 174 valence electrons. The monoisotopic (exact) mass is 428 g/mol. The molecule has 1 unspecified atom stereocenters. The molecule has 0 aromatic heterocycles. The maximum atomic E-state index is 12.2. The van der Waals surface area contributed by atoms with Gasteiger partial charge in [-0.3, -0.25) is 4.79 Å². The van der Waals surface area contributed by atoms with Gasteiger partial charge in [-0.2, -0.15) is 9.59 Å². The lowest BCUT2D eigenvalue weighted by Gasteiger charge is -2.24. The van der Waals surface area contributed by atoms with Crippen LogP contribution in [0, 0.1) is 5.41 Å². The average molecular weight is 429 g/mol. The first-order chi connectivity index (χ1) is 14.7. The van der Waals surface area contributed by atoms with Crippen LogP contribution in [0.3, 0.4) is 0 Å². The molecule has 1 aliphatic carbocycles. The number of carbonyl (C=O) groups is 1. The highest BCUT2D eigenvalue weighted by atomic mass is 16.2. The van der Waals surface area contributed by atoms with E-state index >= 15 is 0 Å². The molecule has 0 aromatic rings. The fourth-order valence-electron chi connectivity index (χ4n) is 4.08. The lowest BCUT2D eigenvalue weighted by atomic mass is 9.79. The second kappa shape index (κ2) is 16.7. The second-order valence-corrected chi connectivity index (χ2v) is 9.25. The summed E-state index contributed by atoms with van der Waals surface area (Å²) in [7, 11) is 0. The topological polar surface area (TPSA) is 51.2 Å². The Morgan fingerprint density at radius 1 is 0.839 bits per heavy atom. The largest absolute Gasteiger partial charge is 0.373 e. The Morgan fingerprint density at radius 3 is 1.68 bits per heavy atom. The van der Waals surface area contributed by atoms with Gasteiger partial charge in [0.2, 0.25) is 0 Å². The Balaban J connectivity index is 0.00000282. The van der Waals surface area contributed by atoms with Crippen molar-refractivity contribution in [2.45, 2.75) is 112 Å². The predicted octanol–water partition coefficient (Wildman–Crippen LogP) is 8.09. The minimum atomic E-state index is -0.0389. The molecule has 0 heterocycles. The molecule has 0 aliphatic heterocycles. The number of carbonyl (C=O) groups excluding carboxylic acids is 3. The highest BCUT2D eigenvalue weighted by molar-refractivity contribution is 5.86. The van der Waals surface area contributed by atoms with E-state index in [2.05, 4.69) is 65.8 Å². The molecular formula is C28H44O3. The first kappa shape index (κ1) is 29.0. The van der Waals surface area contributed by atoms with Crippen LogP contribution in [-0.4, -0.2) is 11.9 Å². The van der Waals surface area contributed by atoms with Crippen molar-refractivity contribution < 1.29 is 14.4 Å². The Kier molecular flexibility index (Phi) is 15.6. The summed E-state index contributed by atoms with van der Waals surface area (Å²) in [5, 5.41) is 0. The highest BCUT2D eigenvalue weighted by Crippen LogP contribution is 2.41. The first-order valence-corrected chi connectivity index (χ1v) is 11.8. The van der Waals surface area contributed by atoms with E-state index < -0.39 is 0 Å². The standard InChI is InChI=1S/C27H44O.CO2/c1-7-27(20-11-18-26(27)28)21-19-25(6)17-10-16-24(5)15-9-14-23(4)13-8-12-22(2)3;2-1-3/h12,14,16,19H,7-11,13,15,17-18,20-21H2,1-6H3;/b23-14+,24-16+,25-19+;. The van der Waals surface area contributed by atoms with Gasteiger partial charge in [-0.15, -0.1) is 0 Å². The molecule has 0 spiro atoms. The van der Waals surface area contributed by atoms with Crippen molar-refractivity contribution in [3.05, 3.63) is 46.6 Å². The summed E-state index contributed by atoms with van der Waals surface area (Å²) in [4.78, 5) is 28.5. The van der Waals surface area contributed by atoms with Crippen molar-refractivity contribution in [3.8, 4) is 0 Å². The lowest BCUT2D eigenvalue weighted by Crippen LogP contribution is -2.23. The van der Waals surface area contributed by atoms with Crippen molar-refractivity contribution in [2.75, 3.05) is 0 Å². The van der Waals surface area contributed by atoms with E-state index in [1.807, 2.05) is 0 Å². The zero-order chi connectivity index (χ0) is 23.7. The zero-order valence-corrected chi connectivity index (χ0v) is 20.8. The van der Waals surface area contributed by atoms with Gasteiger partial charge < -0.3 is 0 Å². The van der Waals surface area contributed by atoms with Gasteiger partial charge in [-0.25, -0.2) is 0 Å².